The van der Waals surface area contributed by atoms with Crippen molar-refractivity contribution in [2.24, 2.45) is 0 Å². The molecule has 7 nitrogen and oxygen atoms in total. The summed E-state index contributed by atoms with van der Waals surface area (Å²) in [6.45, 7) is 3.23. The van der Waals surface area contributed by atoms with Gasteiger partial charge in [0.2, 0.25) is 0 Å². The van der Waals surface area contributed by atoms with E-state index in [1.54, 1.807) is 61.2 Å². The highest BCUT2D eigenvalue weighted by Crippen LogP contribution is 2.46. The van der Waals surface area contributed by atoms with E-state index in [-0.39, 0.29) is 18.8 Å². The van der Waals surface area contributed by atoms with Crippen molar-refractivity contribution < 1.29 is 28.6 Å². The lowest BCUT2D eigenvalue weighted by molar-refractivity contribution is -0.166. The van der Waals surface area contributed by atoms with Crippen molar-refractivity contribution in [3.63, 3.8) is 0 Å². The second-order valence-corrected chi connectivity index (χ2v) is 8.95. The van der Waals surface area contributed by atoms with Crippen molar-refractivity contribution in [1.82, 2.24) is 0 Å². The van der Waals surface area contributed by atoms with Crippen LogP contribution in [-0.4, -0.2) is 42.8 Å². The number of carbonyl (C=O) groups excluding carboxylic acids is 3. The van der Waals surface area contributed by atoms with Gasteiger partial charge >= 0.3 is 11.9 Å². The van der Waals surface area contributed by atoms with Crippen molar-refractivity contribution in [3.05, 3.63) is 113 Å². The molecule has 5 rings (SSSR count). The van der Waals surface area contributed by atoms with Crippen molar-refractivity contribution in [1.29, 1.82) is 0 Å². The lowest BCUT2D eigenvalue weighted by Crippen LogP contribution is -2.58. The number of para-hydroxylation sites is 1. The Bertz CT molecular complexity index is 1560. The summed E-state index contributed by atoms with van der Waals surface area (Å²) in [6, 6.07) is 25.7. The maximum Gasteiger partial charge on any atom is 0.379 e. The van der Waals surface area contributed by atoms with E-state index < -0.39 is 29.6 Å². The molecule has 0 aliphatic carbocycles. The second kappa shape index (κ2) is 11.4. The lowest BCUT2D eigenvalue weighted by Gasteiger charge is -2.46. The largest absolute Gasteiger partial charge is 0.463 e. The van der Waals surface area contributed by atoms with Crippen LogP contribution < -0.4 is 4.90 Å². The fourth-order valence-electron chi connectivity index (χ4n) is 4.78. The quantitative estimate of drug-likeness (QED) is 0.256. The van der Waals surface area contributed by atoms with Crippen molar-refractivity contribution in [3.8, 4) is 11.8 Å². The second-order valence-electron chi connectivity index (χ2n) is 8.95. The third-order valence-electron chi connectivity index (χ3n) is 6.47. The van der Waals surface area contributed by atoms with Gasteiger partial charge in [-0.05, 0) is 55.2 Å². The van der Waals surface area contributed by atoms with E-state index in [1.807, 2.05) is 54.6 Å². The molecule has 0 aromatic heterocycles. The van der Waals surface area contributed by atoms with Crippen LogP contribution in [-0.2, 0) is 28.6 Å². The van der Waals surface area contributed by atoms with Gasteiger partial charge < -0.3 is 19.1 Å². The molecule has 2 atom stereocenters. The molecular formula is C33H27NO6. The zero-order chi connectivity index (χ0) is 28.1. The molecule has 200 valence electrons. The van der Waals surface area contributed by atoms with Crippen LogP contribution in [0.3, 0.4) is 0 Å². The summed E-state index contributed by atoms with van der Waals surface area (Å²) in [5, 5.41) is 0. The highest BCUT2D eigenvalue weighted by atomic mass is 16.6. The number of esters is 2. The van der Waals surface area contributed by atoms with Gasteiger partial charge in [0.15, 0.2) is 6.23 Å². The van der Waals surface area contributed by atoms with Crippen LogP contribution in [0, 0.1) is 11.8 Å². The van der Waals surface area contributed by atoms with Crippen LogP contribution in [0.1, 0.15) is 30.5 Å². The first-order valence-corrected chi connectivity index (χ1v) is 13.0. The molecule has 2 heterocycles. The minimum Gasteiger partial charge on any atom is -0.463 e. The van der Waals surface area contributed by atoms with Crippen LogP contribution in [0.2, 0.25) is 0 Å². The Labute approximate surface area is 232 Å². The maximum absolute atomic E-state index is 14.1. The van der Waals surface area contributed by atoms with Gasteiger partial charge in [-0.15, -0.1) is 0 Å². The van der Waals surface area contributed by atoms with Crippen molar-refractivity contribution >= 4 is 35.2 Å². The fourth-order valence-corrected chi connectivity index (χ4v) is 4.78. The molecule has 0 fully saturated rings. The van der Waals surface area contributed by atoms with Gasteiger partial charge in [-0.3, -0.25) is 4.79 Å². The third kappa shape index (κ3) is 4.81. The Hall–Kier alpha value is -4.93. The minimum atomic E-state index is -2.24. The number of hydrogen-bond donors (Lipinski definition) is 0. The lowest BCUT2D eigenvalue weighted by atomic mass is 9.83. The number of carbonyl (C=O) groups is 3. The standard InChI is InChI=1S/C33H27NO6/c1-3-38-31(36)30(35)28-29(25-16-9-6-10-17-25)34-26-18-12-11-15-24(26)19-20-27(34)40-33(28,32(37)39-4-2)22-21-23-13-7-5-8-14-23/h5-20,27H,3-4H2,1-2H3. The number of ketones is 1. The van der Waals surface area contributed by atoms with Gasteiger partial charge in [0.1, 0.15) is 0 Å². The Kier molecular flexibility index (Phi) is 7.63. The summed E-state index contributed by atoms with van der Waals surface area (Å²) in [5.41, 5.74) is 0.588. The molecule has 3 aromatic carbocycles. The average molecular weight is 534 g/mol. The van der Waals surface area contributed by atoms with E-state index in [0.717, 1.165) is 11.3 Å². The molecule has 40 heavy (non-hydrogen) atoms. The highest BCUT2D eigenvalue weighted by molar-refractivity contribution is 6.44. The van der Waals surface area contributed by atoms with Gasteiger partial charge in [-0.2, -0.15) is 0 Å². The van der Waals surface area contributed by atoms with Crippen molar-refractivity contribution in [2.45, 2.75) is 25.7 Å². The number of ether oxygens (including phenoxy) is 3. The first-order chi connectivity index (χ1) is 19.5. The van der Waals surface area contributed by atoms with Gasteiger partial charge in [0.25, 0.3) is 11.4 Å². The van der Waals surface area contributed by atoms with E-state index in [0.29, 0.717) is 16.8 Å². The highest BCUT2D eigenvalue weighted by Gasteiger charge is 2.57. The summed E-state index contributed by atoms with van der Waals surface area (Å²) in [7, 11) is 0. The molecule has 0 N–H and O–H groups in total. The normalized spacial score (nSPS) is 19.1. The summed E-state index contributed by atoms with van der Waals surface area (Å²) < 4.78 is 17.1. The fraction of sp³-hybridized carbons (Fsp3) is 0.182. The van der Waals surface area contributed by atoms with Gasteiger partial charge in [0, 0.05) is 5.56 Å². The first kappa shape index (κ1) is 26.7. The van der Waals surface area contributed by atoms with E-state index in [1.165, 1.54) is 0 Å². The van der Waals surface area contributed by atoms with Crippen LogP contribution in [0.5, 0.6) is 0 Å². The number of benzene rings is 3. The number of hydrogen-bond acceptors (Lipinski definition) is 7. The zero-order valence-corrected chi connectivity index (χ0v) is 22.1. The number of nitrogens with zero attached hydrogens (tertiary/aromatic N) is 1. The molecular weight excluding hydrogens is 506 g/mol. The minimum absolute atomic E-state index is 0.00552. The van der Waals surface area contributed by atoms with E-state index >= 15 is 0 Å². The Morgan fingerprint density at radius 1 is 0.875 bits per heavy atom. The predicted molar refractivity (Wildman–Crippen MR) is 151 cm³/mol. The molecule has 2 aliphatic heterocycles. The molecule has 7 heteroatoms. The molecule has 0 radical (unpaired) electrons. The molecule has 0 amide bonds. The van der Waals surface area contributed by atoms with Crippen LogP contribution >= 0.6 is 0 Å². The molecule has 2 aliphatic rings. The monoisotopic (exact) mass is 533 g/mol. The van der Waals surface area contributed by atoms with E-state index in [2.05, 4.69) is 11.8 Å². The smallest absolute Gasteiger partial charge is 0.379 e. The summed E-state index contributed by atoms with van der Waals surface area (Å²) >= 11 is 0. The topological polar surface area (TPSA) is 82.1 Å². The van der Waals surface area contributed by atoms with E-state index in [4.69, 9.17) is 14.2 Å². The molecule has 0 bridgehead atoms. The van der Waals surface area contributed by atoms with E-state index in [9.17, 15) is 14.4 Å². The number of anilines is 1. The predicted octanol–water partition coefficient (Wildman–Crippen LogP) is 4.77. The van der Waals surface area contributed by atoms with Gasteiger partial charge in [-0.1, -0.05) is 78.7 Å². The van der Waals surface area contributed by atoms with Crippen molar-refractivity contribution in [2.75, 3.05) is 18.1 Å². The number of rotatable bonds is 6. The van der Waals surface area contributed by atoms with Crippen LogP contribution in [0.25, 0.3) is 11.8 Å². The van der Waals surface area contributed by atoms with Gasteiger partial charge in [-0.25, -0.2) is 9.59 Å². The third-order valence-corrected chi connectivity index (χ3v) is 6.47. The first-order valence-electron chi connectivity index (χ1n) is 13.0. The molecule has 0 saturated carbocycles. The summed E-state index contributed by atoms with van der Waals surface area (Å²) in [4.78, 5) is 42.8. The molecule has 0 spiro atoms. The maximum atomic E-state index is 14.1. The zero-order valence-electron chi connectivity index (χ0n) is 22.1. The molecule has 0 saturated heterocycles. The Balaban J connectivity index is 1.89. The summed E-state index contributed by atoms with van der Waals surface area (Å²) in [5.74, 6) is 2.85. The summed E-state index contributed by atoms with van der Waals surface area (Å²) in [6.07, 6.45) is 2.82. The van der Waals surface area contributed by atoms with Gasteiger partial charge in [0.05, 0.1) is 30.2 Å². The Morgan fingerprint density at radius 3 is 2.23 bits per heavy atom. The average Bonchev–Trinajstić information content (AvgIpc) is 3.00. The molecule has 2 unspecified atom stereocenters. The number of fused-ring (bicyclic) bond motifs is 3. The Morgan fingerprint density at radius 2 is 1.52 bits per heavy atom. The number of Topliss-reactive ketones (excluding diaryl/α,β-unsaturated/α-hetero) is 1. The molecule has 3 aromatic rings. The van der Waals surface area contributed by atoms with Crippen LogP contribution in [0.4, 0.5) is 5.69 Å². The SMILES string of the molecule is CCOC(=O)C(=O)C1=C(c2ccccc2)N2c3ccccc3C=CC2OC1(C#Cc1ccccc1)C(=O)OCC. The van der Waals surface area contributed by atoms with Crippen LogP contribution in [0.15, 0.2) is 96.6 Å².